The Morgan fingerprint density at radius 3 is 2.55 bits per heavy atom. The van der Waals surface area contributed by atoms with Gasteiger partial charge in [0, 0.05) is 57.2 Å². The topological polar surface area (TPSA) is 51.2 Å². The van der Waals surface area contributed by atoms with E-state index < -0.39 is 0 Å². The third kappa shape index (κ3) is 6.49. The van der Waals surface area contributed by atoms with Gasteiger partial charge in [0.25, 0.3) is 0 Å². The SMILES string of the molecule is COCCN(CC1CN(Cc2ccccc2OC)CC1c1cccc(OC)c1)C(=O)C(C)C. The van der Waals surface area contributed by atoms with Gasteiger partial charge in [0.05, 0.1) is 20.8 Å². The van der Waals surface area contributed by atoms with Gasteiger partial charge >= 0.3 is 0 Å². The molecule has 0 radical (unpaired) electrons. The number of methoxy groups -OCH3 is 3. The van der Waals surface area contributed by atoms with Gasteiger partial charge in [-0.15, -0.1) is 0 Å². The summed E-state index contributed by atoms with van der Waals surface area (Å²) in [6.45, 7) is 8.44. The van der Waals surface area contributed by atoms with Gasteiger partial charge in [-0.2, -0.15) is 0 Å². The molecule has 2 aromatic rings. The van der Waals surface area contributed by atoms with Gasteiger partial charge in [-0.25, -0.2) is 0 Å². The molecule has 3 rings (SSSR count). The summed E-state index contributed by atoms with van der Waals surface area (Å²) < 4.78 is 16.4. The van der Waals surface area contributed by atoms with Crippen LogP contribution >= 0.6 is 0 Å². The van der Waals surface area contributed by atoms with E-state index in [1.54, 1.807) is 21.3 Å². The number of hydrogen-bond acceptors (Lipinski definition) is 5. The maximum atomic E-state index is 13.0. The standard InChI is InChI=1S/C27H38N2O4/c1-20(2)27(30)29(13-14-31-3)18-23-17-28(16-22-9-6-7-12-26(22)33-5)19-25(23)21-10-8-11-24(15-21)32-4/h6-12,15,20,23,25H,13-14,16-19H2,1-5H3. The first-order chi connectivity index (χ1) is 16.0. The Bertz CT molecular complexity index is 901. The van der Waals surface area contributed by atoms with Crippen LogP contribution in [0.5, 0.6) is 11.5 Å². The van der Waals surface area contributed by atoms with Crippen LogP contribution in [-0.4, -0.2) is 69.8 Å². The summed E-state index contributed by atoms with van der Waals surface area (Å²) in [5, 5.41) is 0. The zero-order valence-corrected chi connectivity index (χ0v) is 20.6. The number of carbonyl (C=O) groups is 1. The van der Waals surface area contributed by atoms with Gasteiger partial charge in [0.2, 0.25) is 5.91 Å². The van der Waals surface area contributed by atoms with Crippen LogP contribution in [0.3, 0.4) is 0 Å². The summed E-state index contributed by atoms with van der Waals surface area (Å²) >= 11 is 0. The van der Waals surface area contributed by atoms with Crippen molar-refractivity contribution in [2.75, 3.05) is 54.1 Å². The van der Waals surface area contributed by atoms with Crippen molar-refractivity contribution in [1.82, 2.24) is 9.80 Å². The first kappa shape index (κ1) is 25.1. The lowest BCUT2D eigenvalue weighted by atomic mass is 9.88. The molecule has 0 bridgehead atoms. The minimum Gasteiger partial charge on any atom is -0.497 e. The highest BCUT2D eigenvalue weighted by Gasteiger charge is 2.36. The summed E-state index contributed by atoms with van der Waals surface area (Å²) in [6, 6.07) is 16.5. The largest absolute Gasteiger partial charge is 0.497 e. The Morgan fingerprint density at radius 1 is 1.06 bits per heavy atom. The van der Waals surface area contributed by atoms with Crippen LogP contribution in [0.1, 0.15) is 30.9 Å². The van der Waals surface area contributed by atoms with Crippen molar-refractivity contribution in [2.45, 2.75) is 26.3 Å². The maximum absolute atomic E-state index is 13.0. The molecule has 0 spiro atoms. The molecule has 2 aromatic carbocycles. The first-order valence-corrected chi connectivity index (χ1v) is 11.7. The highest BCUT2D eigenvalue weighted by Crippen LogP contribution is 2.36. The minimum absolute atomic E-state index is 0.0387. The summed E-state index contributed by atoms with van der Waals surface area (Å²) in [5.41, 5.74) is 2.44. The normalized spacial score (nSPS) is 18.5. The zero-order chi connectivity index (χ0) is 23.8. The van der Waals surface area contributed by atoms with Crippen LogP contribution in [-0.2, 0) is 16.1 Å². The number of amides is 1. The van der Waals surface area contributed by atoms with E-state index in [1.807, 2.05) is 36.9 Å². The van der Waals surface area contributed by atoms with Crippen molar-refractivity contribution in [3.8, 4) is 11.5 Å². The van der Waals surface area contributed by atoms with Crippen LogP contribution in [0.4, 0.5) is 0 Å². The predicted molar refractivity (Wildman–Crippen MR) is 131 cm³/mol. The monoisotopic (exact) mass is 454 g/mol. The van der Waals surface area contributed by atoms with Crippen molar-refractivity contribution < 1.29 is 19.0 Å². The van der Waals surface area contributed by atoms with Gasteiger partial charge in [-0.1, -0.05) is 44.2 Å². The summed E-state index contributed by atoms with van der Waals surface area (Å²) in [7, 11) is 5.10. The zero-order valence-electron chi connectivity index (χ0n) is 20.6. The summed E-state index contributed by atoms with van der Waals surface area (Å²) in [6.07, 6.45) is 0. The van der Waals surface area contributed by atoms with Crippen LogP contribution in [0.25, 0.3) is 0 Å². The molecule has 6 heteroatoms. The number of rotatable bonds is 11. The predicted octanol–water partition coefficient (Wildman–Crippen LogP) is 4.05. The van der Waals surface area contributed by atoms with Crippen LogP contribution in [0, 0.1) is 11.8 Å². The highest BCUT2D eigenvalue weighted by molar-refractivity contribution is 5.78. The molecule has 0 saturated carbocycles. The van der Waals surface area contributed by atoms with E-state index in [4.69, 9.17) is 14.2 Å². The lowest BCUT2D eigenvalue weighted by Crippen LogP contribution is -2.41. The van der Waals surface area contributed by atoms with E-state index in [9.17, 15) is 4.79 Å². The fourth-order valence-corrected chi connectivity index (χ4v) is 4.74. The molecule has 1 amide bonds. The highest BCUT2D eigenvalue weighted by atomic mass is 16.5. The van der Waals surface area contributed by atoms with E-state index in [1.165, 1.54) is 11.1 Å². The number of likely N-dealkylation sites (tertiary alicyclic amines) is 1. The summed E-state index contributed by atoms with van der Waals surface area (Å²) in [4.78, 5) is 17.4. The molecule has 0 aliphatic carbocycles. The van der Waals surface area contributed by atoms with Gasteiger partial charge in [-0.05, 0) is 29.7 Å². The fraction of sp³-hybridized carbons (Fsp3) is 0.519. The van der Waals surface area contributed by atoms with E-state index in [0.717, 1.165) is 31.1 Å². The Hall–Kier alpha value is -2.57. The van der Waals surface area contributed by atoms with Gasteiger partial charge in [0.15, 0.2) is 0 Å². The molecule has 6 nitrogen and oxygen atoms in total. The maximum Gasteiger partial charge on any atom is 0.225 e. The van der Waals surface area contributed by atoms with Crippen molar-refractivity contribution in [3.05, 3.63) is 59.7 Å². The Kier molecular flexibility index (Phi) is 9.15. The Balaban J connectivity index is 1.85. The lowest BCUT2D eigenvalue weighted by molar-refractivity contribution is -0.135. The molecule has 180 valence electrons. The average molecular weight is 455 g/mol. The van der Waals surface area contributed by atoms with Crippen LogP contribution in [0.15, 0.2) is 48.5 Å². The number of nitrogens with zero attached hydrogens (tertiary/aromatic N) is 2. The number of benzene rings is 2. The van der Waals surface area contributed by atoms with Crippen molar-refractivity contribution in [2.24, 2.45) is 11.8 Å². The fourth-order valence-electron chi connectivity index (χ4n) is 4.74. The van der Waals surface area contributed by atoms with Crippen LogP contribution in [0.2, 0.25) is 0 Å². The molecule has 0 N–H and O–H groups in total. The van der Waals surface area contributed by atoms with E-state index in [0.29, 0.717) is 31.5 Å². The van der Waals surface area contributed by atoms with Crippen LogP contribution < -0.4 is 9.47 Å². The Labute approximate surface area is 198 Å². The van der Waals surface area contributed by atoms with E-state index in [2.05, 4.69) is 35.2 Å². The molecule has 33 heavy (non-hydrogen) atoms. The van der Waals surface area contributed by atoms with Crippen molar-refractivity contribution in [1.29, 1.82) is 0 Å². The third-order valence-electron chi connectivity index (χ3n) is 6.45. The van der Waals surface area contributed by atoms with E-state index >= 15 is 0 Å². The molecule has 2 unspecified atom stereocenters. The lowest BCUT2D eigenvalue weighted by Gasteiger charge is -2.30. The average Bonchev–Trinajstić information content (AvgIpc) is 3.23. The molecule has 0 aromatic heterocycles. The third-order valence-corrected chi connectivity index (χ3v) is 6.45. The molecule has 1 heterocycles. The van der Waals surface area contributed by atoms with Gasteiger partial charge in [0.1, 0.15) is 11.5 Å². The number of hydrogen-bond donors (Lipinski definition) is 0. The minimum atomic E-state index is -0.0387. The molecular formula is C27H38N2O4. The quantitative estimate of drug-likeness (QED) is 0.513. The smallest absolute Gasteiger partial charge is 0.225 e. The summed E-state index contributed by atoms with van der Waals surface area (Å²) in [5.74, 6) is 2.54. The molecule has 1 aliphatic heterocycles. The first-order valence-electron chi connectivity index (χ1n) is 11.7. The van der Waals surface area contributed by atoms with Gasteiger partial charge in [-0.3, -0.25) is 9.69 Å². The molecule has 1 fully saturated rings. The second kappa shape index (κ2) is 12.1. The second-order valence-corrected chi connectivity index (χ2v) is 9.08. The van der Waals surface area contributed by atoms with Crippen molar-refractivity contribution >= 4 is 5.91 Å². The second-order valence-electron chi connectivity index (χ2n) is 9.08. The Morgan fingerprint density at radius 2 is 1.85 bits per heavy atom. The molecular weight excluding hydrogens is 416 g/mol. The van der Waals surface area contributed by atoms with E-state index in [-0.39, 0.29) is 11.8 Å². The van der Waals surface area contributed by atoms with Crippen molar-refractivity contribution in [3.63, 3.8) is 0 Å². The van der Waals surface area contributed by atoms with Gasteiger partial charge < -0.3 is 19.1 Å². The molecule has 2 atom stereocenters. The number of ether oxygens (including phenoxy) is 3. The molecule has 1 saturated heterocycles. The molecule has 1 aliphatic rings. The number of para-hydroxylation sites is 1. The number of carbonyl (C=O) groups excluding carboxylic acids is 1.